The van der Waals surface area contributed by atoms with Crippen molar-refractivity contribution in [3.63, 3.8) is 0 Å². The van der Waals surface area contributed by atoms with E-state index in [-0.39, 0.29) is 64.0 Å². The second kappa shape index (κ2) is 34.5. The van der Waals surface area contributed by atoms with E-state index in [1.54, 1.807) is 151 Å². The SMILES string of the molecule is COc1ccc(N2CCN(c3cccc(-c4sc(N5CCOCC5)nc4-c4ccnc(N)n4)c3F)C2=O)cc1.CS(=O)(=O)c1ccc(N2CCN(c3cccc(-c4sc(N5CCOCC5)nc4-c4ccnc(N)n4)c3F)C2=O)cc1.Nc1nccc(-c2nc(N3CCOCC3)sc2-c2cccc(N3CCN(c4ccc(Cl)cc4)C3=O)c2F)n1. The molecular formula is C80H75ClF3N21O9S4. The van der Waals surface area contributed by atoms with Gasteiger partial charge in [0.2, 0.25) is 17.8 Å². The van der Waals surface area contributed by atoms with E-state index in [4.69, 9.17) is 62.7 Å². The maximum absolute atomic E-state index is 16.3. The van der Waals surface area contributed by atoms with E-state index in [1.165, 1.54) is 71.9 Å². The predicted octanol–water partition coefficient (Wildman–Crippen LogP) is 12.9. The Morgan fingerprint density at radius 2 is 0.695 bits per heavy atom. The summed E-state index contributed by atoms with van der Waals surface area (Å²) in [5, 5.41) is 2.78. The molecule has 6 N–H and O–H groups in total. The van der Waals surface area contributed by atoms with Gasteiger partial charge in [0.05, 0.1) is 100 Å². The highest BCUT2D eigenvalue weighted by Gasteiger charge is 2.38. The average Bonchev–Trinajstić information content (AvgIpc) is 1.59. The van der Waals surface area contributed by atoms with Gasteiger partial charge in [-0.05, 0) is 109 Å². The van der Waals surface area contributed by atoms with Crippen molar-refractivity contribution in [2.45, 2.75) is 4.90 Å². The zero-order valence-corrected chi connectivity index (χ0v) is 67.4. The van der Waals surface area contributed by atoms with Gasteiger partial charge in [0.1, 0.15) is 22.8 Å². The molecule has 0 atom stereocenters. The monoisotopic (exact) mass is 1690 g/mol. The largest absolute Gasteiger partial charge is 0.497 e. The quantitative estimate of drug-likeness (QED) is 0.0762. The smallest absolute Gasteiger partial charge is 0.329 e. The number of morpholine rings is 3. The topological polar surface area (TPSA) is 346 Å². The summed E-state index contributed by atoms with van der Waals surface area (Å²) in [6, 6.07) is 39.5. The maximum atomic E-state index is 16.3. The molecule has 118 heavy (non-hydrogen) atoms. The second-order valence-corrected chi connectivity index (χ2v) is 32.7. The van der Waals surface area contributed by atoms with Crippen molar-refractivity contribution in [3.05, 3.63) is 187 Å². The number of anilines is 12. The Morgan fingerprint density at radius 1 is 0.398 bits per heavy atom. The van der Waals surface area contributed by atoms with Crippen LogP contribution in [0.4, 0.5) is 94.9 Å². The molecule has 0 bridgehead atoms. The number of benzene rings is 6. The Bertz CT molecular complexity index is 5850. The molecule has 12 heterocycles. The first kappa shape index (κ1) is 79.6. The summed E-state index contributed by atoms with van der Waals surface area (Å²) in [6.07, 6.45) is 5.76. The molecule has 18 rings (SSSR count). The molecule has 0 aliphatic carbocycles. The number of nitrogens with zero attached hydrogens (tertiary/aromatic N) is 18. The fraction of sp³-hybridized carbons (Fsp3) is 0.250. The molecule has 38 heteroatoms. The zero-order valence-electron chi connectivity index (χ0n) is 63.4. The molecule has 0 spiro atoms. The van der Waals surface area contributed by atoms with Crippen LogP contribution < -0.4 is 66.0 Å². The number of hydrogen-bond acceptors (Lipinski definition) is 27. The zero-order chi connectivity index (χ0) is 81.9. The van der Waals surface area contributed by atoms with Crippen LogP contribution in [0.2, 0.25) is 5.02 Å². The summed E-state index contributed by atoms with van der Waals surface area (Å²) in [5.41, 5.74) is 24.0. The molecule has 0 unspecified atom stereocenters. The Kier molecular flexibility index (Phi) is 23.3. The minimum absolute atomic E-state index is 0.0796. The Balaban J connectivity index is 0.000000132. The fourth-order valence-electron chi connectivity index (χ4n) is 14.1. The van der Waals surface area contributed by atoms with Crippen molar-refractivity contribution in [3.8, 4) is 71.2 Å². The molecule has 6 aliphatic rings. The summed E-state index contributed by atoms with van der Waals surface area (Å²) >= 11 is 10.1. The molecule has 30 nitrogen and oxygen atoms in total. The van der Waals surface area contributed by atoms with Gasteiger partial charge in [-0.25, -0.2) is 80.8 Å². The normalized spacial score (nSPS) is 15.9. The van der Waals surface area contributed by atoms with Crippen LogP contribution in [0, 0.1) is 17.5 Å². The lowest BCUT2D eigenvalue weighted by Gasteiger charge is -2.26. The number of nitrogen functional groups attached to an aromatic ring is 3. The number of carbonyl (C=O) groups excluding carboxylic acids is 3. The number of nitrogens with two attached hydrogens (primary N) is 3. The minimum Gasteiger partial charge on any atom is -0.497 e. The van der Waals surface area contributed by atoms with E-state index in [1.807, 2.05) is 12.1 Å². The number of ether oxygens (including phenoxy) is 4. The van der Waals surface area contributed by atoms with Gasteiger partial charge in [-0.2, -0.15) is 0 Å². The van der Waals surface area contributed by atoms with Crippen LogP contribution in [-0.2, 0) is 24.0 Å². The van der Waals surface area contributed by atoms with Gasteiger partial charge in [-0.1, -0.05) is 82.0 Å². The molecule has 6 aromatic heterocycles. The third-order valence-corrected chi connectivity index (χ3v) is 24.9. The summed E-state index contributed by atoms with van der Waals surface area (Å²) in [7, 11) is -1.78. The van der Waals surface area contributed by atoms with Gasteiger partial charge >= 0.3 is 18.1 Å². The van der Waals surface area contributed by atoms with E-state index in [2.05, 4.69) is 44.6 Å². The fourth-order valence-corrected chi connectivity index (χ4v) is 18.3. The molecule has 6 fully saturated rings. The first-order valence-electron chi connectivity index (χ1n) is 37.3. The van der Waals surface area contributed by atoms with Crippen molar-refractivity contribution >= 4 is 141 Å². The maximum Gasteiger partial charge on any atom is 0.329 e. The van der Waals surface area contributed by atoms with Crippen LogP contribution in [0.15, 0.2) is 169 Å². The third kappa shape index (κ3) is 16.6. The standard InChI is InChI=1S/C27H26FN7O4S2.C27H26FN7O3S.C26H23ClFN7O2S/c1-41(37,38)18-7-5-17(6-8-18)34-11-12-35(27(34)36)21-4-2-3-19(22(21)28)24-23(20-9-10-30-25(29)31-20)32-26(40-24)33-13-15-39-16-14-33;1-37-18-7-5-17(6-8-18)34-11-12-35(27(34)36)21-4-2-3-19(22(21)28)24-23(20-9-10-30-25(29)31-20)32-26(39-24)33-13-15-38-16-14-33;27-16-4-6-17(7-5-16)34-10-11-35(26(34)36)20-3-1-2-18(21(20)28)23-22(19-8-9-30-24(29)31-19)32-25(38-23)33-12-14-37-15-13-33/h2-10H,11-16H2,1H3,(H2,29,30,31);2-10H,11-16H2,1H3,(H2,29,30,31);1-9H,10-15H2,(H2,29,30,31). The number of rotatable bonds is 17. The summed E-state index contributed by atoms with van der Waals surface area (Å²) in [5.74, 6) is -0.569. The summed E-state index contributed by atoms with van der Waals surface area (Å²) in [6.45, 7) is 9.69. The van der Waals surface area contributed by atoms with Crippen LogP contribution in [0.25, 0.3) is 65.5 Å². The molecule has 0 radical (unpaired) electrons. The van der Waals surface area contributed by atoms with E-state index >= 15 is 13.2 Å². The van der Waals surface area contributed by atoms with Crippen LogP contribution in [-0.4, -0.2) is 203 Å². The van der Waals surface area contributed by atoms with Gasteiger partial charge < -0.3 is 50.8 Å². The van der Waals surface area contributed by atoms with E-state index < -0.39 is 33.3 Å². The molecule has 0 saturated carbocycles. The molecule has 6 amide bonds. The lowest BCUT2D eigenvalue weighted by Crippen LogP contribution is -2.36. The number of amides is 6. The molecule has 6 aliphatic heterocycles. The van der Waals surface area contributed by atoms with Gasteiger partial charge in [0.15, 0.2) is 42.7 Å². The number of halogens is 4. The number of carbonyl (C=O) groups is 3. The Labute approximate surface area is 692 Å². The van der Waals surface area contributed by atoms with Gasteiger partial charge in [-0.3, -0.25) is 29.4 Å². The average molecular weight is 1700 g/mol. The highest BCUT2D eigenvalue weighted by Crippen LogP contribution is 2.48. The highest BCUT2D eigenvalue weighted by atomic mass is 35.5. The first-order chi connectivity index (χ1) is 57.2. The van der Waals surface area contributed by atoms with Gasteiger partial charge in [0.25, 0.3) is 0 Å². The second-order valence-electron chi connectivity index (χ2n) is 27.3. The number of hydrogen-bond donors (Lipinski definition) is 3. The van der Waals surface area contributed by atoms with Crippen LogP contribution in [0.1, 0.15) is 0 Å². The van der Waals surface area contributed by atoms with Crippen molar-refractivity contribution in [1.29, 1.82) is 0 Å². The lowest BCUT2D eigenvalue weighted by molar-refractivity contribution is 0.122. The van der Waals surface area contributed by atoms with Crippen LogP contribution >= 0.6 is 45.6 Å². The summed E-state index contributed by atoms with van der Waals surface area (Å²) in [4.78, 5) is 96.9. The molecule has 12 aromatic rings. The predicted molar refractivity (Wildman–Crippen MR) is 452 cm³/mol. The van der Waals surface area contributed by atoms with Gasteiger partial charge in [-0.15, -0.1) is 0 Å². The van der Waals surface area contributed by atoms with Crippen molar-refractivity contribution < 1.29 is 54.9 Å². The molecule has 6 saturated heterocycles. The van der Waals surface area contributed by atoms with E-state index in [0.29, 0.717) is 199 Å². The highest BCUT2D eigenvalue weighted by molar-refractivity contribution is 7.90. The van der Waals surface area contributed by atoms with Crippen molar-refractivity contribution in [2.24, 2.45) is 0 Å². The van der Waals surface area contributed by atoms with Crippen LogP contribution in [0.3, 0.4) is 0 Å². The number of methoxy groups -OCH3 is 1. The van der Waals surface area contributed by atoms with E-state index in [0.717, 1.165) is 22.2 Å². The number of thiazole rings is 3. The number of aromatic nitrogens is 9. The number of urea groups is 3. The lowest BCUT2D eigenvalue weighted by atomic mass is 10.1. The van der Waals surface area contributed by atoms with Gasteiger partial charge in [0, 0.05) is 142 Å². The molecule has 606 valence electrons. The Morgan fingerprint density at radius 3 is 0.992 bits per heavy atom. The number of sulfone groups is 1. The van der Waals surface area contributed by atoms with Crippen molar-refractivity contribution in [1.82, 2.24) is 44.9 Å². The first-order valence-corrected chi connectivity index (χ1v) is 42.1. The van der Waals surface area contributed by atoms with Crippen molar-refractivity contribution in [2.75, 3.05) is 193 Å². The van der Waals surface area contributed by atoms with E-state index in [9.17, 15) is 22.8 Å². The Hall–Kier alpha value is -12.2. The molecule has 6 aromatic carbocycles. The third-order valence-electron chi connectivity index (χ3n) is 20.1. The minimum atomic E-state index is -3.37. The van der Waals surface area contributed by atoms with Crippen LogP contribution in [0.5, 0.6) is 5.75 Å². The molecular weight excluding hydrogens is 1620 g/mol. The summed E-state index contributed by atoms with van der Waals surface area (Å²) < 4.78 is 94.2.